The van der Waals surface area contributed by atoms with E-state index in [2.05, 4.69) is 21.0 Å². The molecule has 0 N–H and O–H groups in total. The standard InChI is InChI=1S/C14H13BrN2O/c1-10-8-13(16-17(10)2)6-7-14(18)11-4-3-5-12(15)9-11/h3-9H,1-2H3/b7-6+. The molecule has 0 radical (unpaired) electrons. The lowest BCUT2D eigenvalue weighted by molar-refractivity contribution is 0.104. The summed E-state index contributed by atoms with van der Waals surface area (Å²) in [5, 5.41) is 4.26. The molecule has 0 amide bonds. The summed E-state index contributed by atoms with van der Waals surface area (Å²) in [6, 6.07) is 9.26. The van der Waals surface area contributed by atoms with E-state index >= 15 is 0 Å². The van der Waals surface area contributed by atoms with Crippen LogP contribution in [0.1, 0.15) is 21.7 Å². The fourth-order valence-electron chi connectivity index (χ4n) is 1.57. The number of carbonyl (C=O) groups excluding carboxylic acids is 1. The third kappa shape index (κ3) is 2.96. The van der Waals surface area contributed by atoms with Gasteiger partial charge in [-0.1, -0.05) is 28.1 Å². The Hall–Kier alpha value is -1.68. The average Bonchev–Trinajstić information content (AvgIpc) is 2.66. The van der Waals surface area contributed by atoms with Crippen LogP contribution in [-0.4, -0.2) is 15.6 Å². The van der Waals surface area contributed by atoms with E-state index in [9.17, 15) is 4.79 Å². The summed E-state index contributed by atoms with van der Waals surface area (Å²) >= 11 is 3.35. The molecule has 0 unspecified atom stereocenters. The van der Waals surface area contributed by atoms with Gasteiger partial charge in [-0.15, -0.1) is 0 Å². The van der Waals surface area contributed by atoms with Crippen molar-refractivity contribution in [2.75, 3.05) is 0 Å². The molecule has 2 rings (SSSR count). The maximum absolute atomic E-state index is 11.9. The molecule has 0 saturated heterocycles. The summed E-state index contributed by atoms with van der Waals surface area (Å²) in [6.07, 6.45) is 3.28. The van der Waals surface area contributed by atoms with Crippen molar-refractivity contribution in [1.82, 2.24) is 9.78 Å². The molecular weight excluding hydrogens is 292 g/mol. The monoisotopic (exact) mass is 304 g/mol. The minimum atomic E-state index is -0.0281. The molecule has 0 aliphatic rings. The number of ketones is 1. The van der Waals surface area contributed by atoms with Gasteiger partial charge in [0.15, 0.2) is 5.78 Å². The van der Waals surface area contributed by atoms with Crippen LogP contribution in [0.5, 0.6) is 0 Å². The molecule has 0 saturated carbocycles. The quantitative estimate of drug-likeness (QED) is 0.643. The molecule has 1 heterocycles. The normalized spacial score (nSPS) is 11.1. The van der Waals surface area contributed by atoms with Gasteiger partial charge >= 0.3 is 0 Å². The van der Waals surface area contributed by atoms with Gasteiger partial charge in [0.2, 0.25) is 0 Å². The van der Waals surface area contributed by atoms with E-state index in [4.69, 9.17) is 0 Å². The van der Waals surface area contributed by atoms with Crippen LogP contribution in [0.15, 0.2) is 40.9 Å². The fraction of sp³-hybridized carbons (Fsp3) is 0.143. The molecule has 0 fully saturated rings. The van der Waals surface area contributed by atoms with Crippen molar-refractivity contribution in [2.45, 2.75) is 6.92 Å². The van der Waals surface area contributed by atoms with Gasteiger partial charge in [0.05, 0.1) is 5.69 Å². The first-order valence-electron chi connectivity index (χ1n) is 5.55. The Bertz CT molecular complexity index is 595. The number of rotatable bonds is 3. The van der Waals surface area contributed by atoms with Crippen LogP contribution in [-0.2, 0) is 7.05 Å². The number of aryl methyl sites for hydroxylation is 2. The Morgan fingerprint density at radius 1 is 1.39 bits per heavy atom. The van der Waals surface area contributed by atoms with E-state index in [-0.39, 0.29) is 5.78 Å². The van der Waals surface area contributed by atoms with Crippen molar-refractivity contribution in [3.63, 3.8) is 0 Å². The highest BCUT2D eigenvalue weighted by atomic mass is 79.9. The van der Waals surface area contributed by atoms with Crippen molar-refractivity contribution in [3.8, 4) is 0 Å². The largest absolute Gasteiger partial charge is 0.289 e. The van der Waals surface area contributed by atoms with Gasteiger partial charge in [-0.3, -0.25) is 9.48 Å². The van der Waals surface area contributed by atoms with Gasteiger partial charge < -0.3 is 0 Å². The molecule has 18 heavy (non-hydrogen) atoms. The minimum absolute atomic E-state index is 0.0281. The Kier molecular flexibility index (Phi) is 3.77. The summed E-state index contributed by atoms with van der Waals surface area (Å²) in [7, 11) is 1.88. The molecule has 0 aliphatic carbocycles. The predicted molar refractivity (Wildman–Crippen MR) is 75.5 cm³/mol. The van der Waals surface area contributed by atoms with Crippen molar-refractivity contribution in [1.29, 1.82) is 0 Å². The van der Waals surface area contributed by atoms with Crippen molar-refractivity contribution < 1.29 is 4.79 Å². The second-order valence-electron chi connectivity index (χ2n) is 4.04. The first-order valence-corrected chi connectivity index (χ1v) is 6.34. The molecule has 2 aromatic rings. The van der Waals surface area contributed by atoms with Crippen molar-refractivity contribution in [2.24, 2.45) is 7.05 Å². The van der Waals surface area contributed by atoms with Crippen LogP contribution in [0.3, 0.4) is 0 Å². The van der Waals surface area contributed by atoms with Crippen molar-refractivity contribution >= 4 is 27.8 Å². The third-order valence-corrected chi connectivity index (χ3v) is 3.14. The first-order chi connectivity index (χ1) is 8.56. The molecule has 0 atom stereocenters. The smallest absolute Gasteiger partial charge is 0.185 e. The third-order valence-electron chi connectivity index (χ3n) is 2.65. The highest BCUT2D eigenvalue weighted by Crippen LogP contribution is 2.13. The van der Waals surface area contributed by atoms with E-state index in [0.29, 0.717) is 5.56 Å². The van der Waals surface area contributed by atoms with Gasteiger partial charge in [0, 0.05) is 22.8 Å². The summed E-state index contributed by atoms with van der Waals surface area (Å²) in [6.45, 7) is 1.97. The average molecular weight is 305 g/mol. The van der Waals surface area contributed by atoms with E-state index in [1.165, 1.54) is 0 Å². The number of carbonyl (C=O) groups is 1. The lowest BCUT2D eigenvalue weighted by Gasteiger charge is -1.95. The Morgan fingerprint density at radius 2 is 2.17 bits per heavy atom. The van der Waals surface area contributed by atoms with Crippen LogP contribution in [0.2, 0.25) is 0 Å². The van der Waals surface area contributed by atoms with Crippen LogP contribution in [0.4, 0.5) is 0 Å². The highest BCUT2D eigenvalue weighted by molar-refractivity contribution is 9.10. The minimum Gasteiger partial charge on any atom is -0.289 e. The van der Waals surface area contributed by atoms with Crippen LogP contribution in [0.25, 0.3) is 6.08 Å². The predicted octanol–water partition coefficient (Wildman–Crippen LogP) is 3.39. The highest BCUT2D eigenvalue weighted by Gasteiger charge is 2.03. The number of nitrogens with zero attached hydrogens (tertiary/aromatic N) is 2. The molecule has 1 aromatic heterocycles. The summed E-state index contributed by atoms with van der Waals surface area (Å²) in [5.41, 5.74) is 2.51. The zero-order valence-electron chi connectivity index (χ0n) is 10.2. The van der Waals surface area contributed by atoms with Crippen LogP contribution < -0.4 is 0 Å². The SMILES string of the molecule is Cc1cc(/C=C/C(=O)c2cccc(Br)c2)nn1C. The molecule has 1 aromatic carbocycles. The molecule has 92 valence electrons. The summed E-state index contributed by atoms with van der Waals surface area (Å²) in [4.78, 5) is 11.9. The van der Waals surface area contributed by atoms with Gasteiger partial charge in [0.25, 0.3) is 0 Å². The number of hydrogen-bond donors (Lipinski definition) is 0. The lowest BCUT2D eigenvalue weighted by Crippen LogP contribution is -1.94. The summed E-state index contributed by atoms with van der Waals surface area (Å²) < 4.78 is 2.68. The second-order valence-corrected chi connectivity index (χ2v) is 4.96. The lowest BCUT2D eigenvalue weighted by atomic mass is 10.1. The number of hydrogen-bond acceptors (Lipinski definition) is 2. The van der Waals surface area contributed by atoms with E-state index in [1.807, 2.05) is 32.2 Å². The molecule has 4 heteroatoms. The van der Waals surface area contributed by atoms with E-state index in [0.717, 1.165) is 15.9 Å². The van der Waals surface area contributed by atoms with E-state index < -0.39 is 0 Å². The second kappa shape index (κ2) is 5.31. The zero-order valence-corrected chi connectivity index (χ0v) is 11.8. The first kappa shape index (κ1) is 12.8. The molecule has 3 nitrogen and oxygen atoms in total. The molecule has 0 aliphatic heterocycles. The molecule has 0 bridgehead atoms. The van der Waals surface area contributed by atoms with Crippen molar-refractivity contribution in [3.05, 3.63) is 57.8 Å². The maximum atomic E-state index is 11.9. The number of halogens is 1. The Labute approximate surface area is 114 Å². The van der Waals surface area contributed by atoms with Gasteiger partial charge in [0.1, 0.15) is 0 Å². The van der Waals surface area contributed by atoms with E-state index in [1.54, 1.807) is 29.0 Å². The zero-order chi connectivity index (χ0) is 13.1. The molecule has 0 spiro atoms. The summed E-state index contributed by atoms with van der Waals surface area (Å²) in [5.74, 6) is -0.0281. The van der Waals surface area contributed by atoms with Crippen LogP contribution >= 0.6 is 15.9 Å². The number of benzene rings is 1. The Balaban J connectivity index is 2.16. The van der Waals surface area contributed by atoms with Gasteiger partial charge in [-0.25, -0.2) is 0 Å². The number of allylic oxidation sites excluding steroid dienone is 1. The fourth-order valence-corrected chi connectivity index (χ4v) is 1.97. The Morgan fingerprint density at radius 3 is 2.78 bits per heavy atom. The van der Waals surface area contributed by atoms with Gasteiger partial charge in [-0.05, 0) is 37.3 Å². The van der Waals surface area contributed by atoms with Crippen LogP contribution in [0, 0.1) is 6.92 Å². The van der Waals surface area contributed by atoms with Gasteiger partial charge in [-0.2, -0.15) is 5.10 Å². The maximum Gasteiger partial charge on any atom is 0.185 e. The molecular formula is C14H13BrN2O. The topological polar surface area (TPSA) is 34.9 Å². The number of aromatic nitrogens is 2.